The minimum Gasteiger partial charge on any atom is -0.327 e. The highest BCUT2D eigenvalue weighted by Gasteiger charge is 2.18. The number of hydrogen-bond donors (Lipinski definition) is 1. The molecule has 1 unspecified atom stereocenters. The predicted octanol–water partition coefficient (Wildman–Crippen LogP) is 2.72. The van der Waals surface area contributed by atoms with E-state index in [2.05, 4.69) is 38.1 Å². The summed E-state index contributed by atoms with van der Waals surface area (Å²) in [6, 6.07) is 0.255. The van der Waals surface area contributed by atoms with Gasteiger partial charge in [-0.15, -0.1) is 11.3 Å². The first-order valence-electron chi connectivity index (χ1n) is 5.14. The summed E-state index contributed by atoms with van der Waals surface area (Å²) in [5.41, 5.74) is 7.20. The van der Waals surface area contributed by atoms with Crippen LogP contribution in [0.2, 0.25) is 0 Å². The zero-order valence-corrected chi connectivity index (χ0v) is 10.3. The molecule has 0 amide bonds. The molecule has 0 aliphatic carbocycles. The fourth-order valence-electron chi connectivity index (χ4n) is 1.16. The molecule has 0 radical (unpaired) electrons. The first-order valence-corrected chi connectivity index (χ1v) is 6.02. The number of rotatable bonds is 3. The number of hydrogen-bond acceptors (Lipinski definition) is 3. The lowest BCUT2D eigenvalue weighted by Gasteiger charge is -2.13. The molecule has 1 aromatic rings. The summed E-state index contributed by atoms with van der Waals surface area (Å²) in [6.45, 7) is 8.68. The van der Waals surface area contributed by atoms with Crippen LogP contribution in [0.3, 0.4) is 0 Å². The Balaban J connectivity index is 2.69. The molecule has 1 atom stereocenters. The molecule has 0 aliphatic heterocycles. The summed E-state index contributed by atoms with van der Waals surface area (Å²) in [6.07, 6.45) is 1.92. The van der Waals surface area contributed by atoms with Crippen LogP contribution in [0.5, 0.6) is 0 Å². The van der Waals surface area contributed by atoms with E-state index in [1.54, 1.807) is 11.3 Å². The van der Waals surface area contributed by atoms with Crippen molar-refractivity contribution >= 4 is 11.3 Å². The average Bonchev–Trinajstić information content (AvgIpc) is 2.51. The lowest BCUT2D eigenvalue weighted by molar-refractivity contribution is 0.577. The van der Waals surface area contributed by atoms with Gasteiger partial charge >= 0.3 is 0 Å². The summed E-state index contributed by atoms with van der Waals surface area (Å²) < 4.78 is 0. The second-order valence-electron chi connectivity index (χ2n) is 4.77. The van der Waals surface area contributed by atoms with Gasteiger partial charge in [0.15, 0.2) is 0 Å². The molecule has 3 heteroatoms. The first kappa shape index (κ1) is 11.7. The van der Waals surface area contributed by atoms with Crippen molar-refractivity contribution in [3.63, 3.8) is 0 Å². The number of nitrogens with zero attached hydrogens (tertiary/aromatic N) is 1. The summed E-state index contributed by atoms with van der Waals surface area (Å²) in [5, 5.41) is 3.34. The minimum absolute atomic E-state index is 0.166. The van der Waals surface area contributed by atoms with Crippen molar-refractivity contribution in [1.29, 1.82) is 0 Å². The summed E-state index contributed by atoms with van der Waals surface area (Å²) >= 11 is 1.74. The maximum Gasteiger partial charge on any atom is 0.0981 e. The van der Waals surface area contributed by atoms with Crippen LogP contribution in [0, 0.1) is 0 Å². The molecule has 0 bridgehead atoms. The SMILES string of the molecule is CCC(N)Cc1csc(C(C)(C)C)n1. The maximum atomic E-state index is 5.89. The van der Waals surface area contributed by atoms with E-state index in [-0.39, 0.29) is 11.5 Å². The van der Waals surface area contributed by atoms with Crippen molar-refractivity contribution in [1.82, 2.24) is 4.98 Å². The Morgan fingerprint density at radius 1 is 1.50 bits per heavy atom. The van der Waals surface area contributed by atoms with E-state index in [4.69, 9.17) is 5.73 Å². The Morgan fingerprint density at radius 2 is 2.14 bits per heavy atom. The van der Waals surface area contributed by atoms with Crippen LogP contribution in [0.25, 0.3) is 0 Å². The van der Waals surface area contributed by atoms with Crippen molar-refractivity contribution < 1.29 is 0 Å². The second kappa shape index (κ2) is 4.41. The zero-order valence-electron chi connectivity index (χ0n) is 9.50. The van der Waals surface area contributed by atoms with Gasteiger partial charge in [-0.1, -0.05) is 27.7 Å². The Kier molecular flexibility index (Phi) is 3.67. The Labute approximate surface area is 90.6 Å². The van der Waals surface area contributed by atoms with Gasteiger partial charge in [0.2, 0.25) is 0 Å². The highest BCUT2D eigenvalue weighted by atomic mass is 32.1. The van der Waals surface area contributed by atoms with Gasteiger partial charge in [-0.05, 0) is 6.42 Å². The van der Waals surface area contributed by atoms with Crippen molar-refractivity contribution in [2.24, 2.45) is 5.73 Å². The van der Waals surface area contributed by atoms with E-state index in [1.165, 1.54) is 5.01 Å². The van der Waals surface area contributed by atoms with Crippen LogP contribution in [-0.4, -0.2) is 11.0 Å². The van der Waals surface area contributed by atoms with Crippen LogP contribution in [0.4, 0.5) is 0 Å². The fourth-order valence-corrected chi connectivity index (χ4v) is 2.08. The number of thiazole rings is 1. The summed E-state index contributed by atoms with van der Waals surface area (Å²) in [5.74, 6) is 0. The molecule has 0 saturated heterocycles. The molecule has 1 rings (SSSR count). The normalized spacial score (nSPS) is 14.4. The molecule has 0 saturated carbocycles. The number of aromatic nitrogens is 1. The van der Waals surface area contributed by atoms with Crippen LogP contribution in [-0.2, 0) is 11.8 Å². The predicted molar refractivity (Wildman–Crippen MR) is 62.8 cm³/mol. The van der Waals surface area contributed by atoms with Gasteiger partial charge in [-0.2, -0.15) is 0 Å². The number of nitrogens with two attached hydrogens (primary N) is 1. The first-order chi connectivity index (χ1) is 6.43. The third kappa shape index (κ3) is 3.07. The molecule has 14 heavy (non-hydrogen) atoms. The molecule has 0 fully saturated rings. The van der Waals surface area contributed by atoms with Crippen LogP contribution in [0.1, 0.15) is 44.8 Å². The summed E-state index contributed by atoms with van der Waals surface area (Å²) in [4.78, 5) is 4.61. The van der Waals surface area contributed by atoms with Gasteiger partial charge in [-0.25, -0.2) is 4.98 Å². The lowest BCUT2D eigenvalue weighted by atomic mass is 9.98. The van der Waals surface area contributed by atoms with Crippen LogP contribution < -0.4 is 5.73 Å². The van der Waals surface area contributed by atoms with Gasteiger partial charge in [0.05, 0.1) is 10.7 Å². The van der Waals surface area contributed by atoms with E-state index in [0.717, 1.165) is 18.5 Å². The molecule has 0 aromatic carbocycles. The molecule has 2 nitrogen and oxygen atoms in total. The largest absolute Gasteiger partial charge is 0.327 e. The van der Waals surface area contributed by atoms with E-state index in [9.17, 15) is 0 Å². The van der Waals surface area contributed by atoms with Crippen molar-refractivity contribution in [2.75, 3.05) is 0 Å². The van der Waals surface area contributed by atoms with Crippen molar-refractivity contribution in [3.05, 3.63) is 16.1 Å². The van der Waals surface area contributed by atoms with Gasteiger partial charge in [-0.3, -0.25) is 0 Å². The molecule has 0 aliphatic rings. The van der Waals surface area contributed by atoms with Gasteiger partial charge in [0.25, 0.3) is 0 Å². The minimum atomic E-state index is 0.166. The molecule has 0 spiro atoms. The van der Waals surface area contributed by atoms with Crippen molar-refractivity contribution in [3.8, 4) is 0 Å². The van der Waals surface area contributed by atoms with Crippen LogP contribution >= 0.6 is 11.3 Å². The Bertz CT molecular complexity index is 286. The average molecular weight is 212 g/mol. The fraction of sp³-hybridized carbons (Fsp3) is 0.727. The molecular weight excluding hydrogens is 192 g/mol. The third-order valence-electron chi connectivity index (χ3n) is 2.19. The zero-order chi connectivity index (χ0) is 10.8. The lowest BCUT2D eigenvalue weighted by Crippen LogP contribution is -2.21. The molecule has 1 aromatic heterocycles. The Hall–Kier alpha value is -0.410. The van der Waals surface area contributed by atoms with E-state index in [1.807, 2.05) is 0 Å². The van der Waals surface area contributed by atoms with Gasteiger partial charge in [0.1, 0.15) is 0 Å². The molecule has 1 heterocycles. The Morgan fingerprint density at radius 3 is 2.57 bits per heavy atom. The van der Waals surface area contributed by atoms with E-state index in [0.29, 0.717) is 0 Å². The summed E-state index contributed by atoms with van der Waals surface area (Å²) in [7, 11) is 0. The maximum absolute atomic E-state index is 5.89. The van der Waals surface area contributed by atoms with Crippen LogP contribution in [0.15, 0.2) is 5.38 Å². The van der Waals surface area contributed by atoms with E-state index < -0.39 is 0 Å². The van der Waals surface area contributed by atoms with Gasteiger partial charge in [0, 0.05) is 23.3 Å². The monoisotopic (exact) mass is 212 g/mol. The standard InChI is InChI=1S/C11H20N2S/c1-5-8(12)6-9-7-14-10(13-9)11(2,3)4/h7-8H,5-6,12H2,1-4H3. The van der Waals surface area contributed by atoms with E-state index >= 15 is 0 Å². The molecular formula is C11H20N2S. The second-order valence-corrected chi connectivity index (χ2v) is 5.62. The highest BCUT2D eigenvalue weighted by Crippen LogP contribution is 2.25. The topological polar surface area (TPSA) is 38.9 Å². The molecule has 80 valence electrons. The van der Waals surface area contributed by atoms with Crippen molar-refractivity contribution in [2.45, 2.75) is 52.0 Å². The highest BCUT2D eigenvalue weighted by molar-refractivity contribution is 7.09. The third-order valence-corrected chi connectivity index (χ3v) is 3.51. The smallest absolute Gasteiger partial charge is 0.0981 e. The quantitative estimate of drug-likeness (QED) is 0.836. The molecule has 2 N–H and O–H groups in total. The van der Waals surface area contributed by atoms with Gasteiger partial charge < -0.3 is 5.73 Å².